The fraction of sp³-hybridized carbons (Fsp3) is 0.682. The first-order chi connectivity index (χ1) is 13.6. The summed E-state index contributed by atoms with van der Waals surface area (Å²) in [5.74, 6) is 0.935. The molecule has 1 heterocycles. The van der Waals surface area contributed by atoms with Crippen molar-refractivity contribution in [2.45, 2.75) is 63.8 Å². The summed E-state index contributed by atoms with van der Waals surface area (Å²) in [6, 6.07) is 10.7. The van der Waals surface area contributed by atoms with Crippen LogP contribution >= 0.6 is 24.0 Å². The Bertz CT molecular complexity index is 793. The van der Waals surface area contributed by atoms with Gasteiger partial charge in [0.25, 0.3) is 0 Å². The average Bonchev–Trinajstić information content (AvgIpc) is 2.70. The topological polar surface area (TPSA) is 73.8 Å². The molecule has 1 aromatic rings. The molecule has 1 aliphatic rings. The maximum atomic E-state index is 12.3. The van der Waals surface area contributed by atoms with Gasteiger partial charge in [-0.2, -0.15) is 0 Å². The number of hydrogen-bond donors (Lipinski definition) is 2. The highest BCUT2D eigenvalue weighted by atomic mass is 127. The van der Waals surface area contributed by atoms with Gasteiger partial charge < -0.3 is 15.5 Å². The first-order valence-corrected chi connectivity index (χ1v) is 12.3. The van der Waals surface area contributed by atoms with Gasteiger partial charge in [0, 0.05) is 38.3 Å². The fourth-order valence-electron chi connectivity index (χ4n) is 3.94. The summed E-state index contributed by atoms with van der Waals surface area (Å²) in [6.45, 7) is 11.9. The molecular formula is C22H39IN4O2S. The number of rotatable bonds is 7. The van der Waals surface area contributed by atoms with Crippen LogP contribution in [0.5, 0.6) is 0 Å². The lowest BCUT2D eigenvalue weighted by molar-refractivity contribution is 0.265. The lowest BCUT2D eigenvalue weighted by Gasteiger charge is -2.41. The van der Waals surface area contributed by atoms with Crippen LogP contribution in [-0.2, 0) is 9.84 Å². The number of hydrogen-bond acceptors (Lipinski definition) is 4. The molecule has 1 atom stereocenters. The van der Waals surface area contributed by atoms with Crippen LogP contribution in [0.1, 0.15) is 59.1 Å². The van der Waals surface area contributed by atoms with Crippen LogP contribution in [0, 0.1) is 0 Å². The predicted octanol–water partition coefficient (Wildman–Crippen LogP) is 3.60. The van der Waals surface area contributed by atoms with Gasteiger partial charge in [0.1, 0.15) is 0 Å². The second-order valence-electron chi connectivity index (χ2n) is 8.67. The molecule has 0 aromatic heterocycles. The predicted molar refractivity (Wildman–Crippen MR) is 138 cm³/mol. The molecule has 8 heteroatoms. The molecule has 0 spiro atoms. The van der Waals surface area contributed by atoms with Crippen LogP contribution < -0.4 is 10.6 Å². The van der Waals surface area contributed by atoms with E-state index in [-0.39, 0.29) is 41.3 Å². The zero-order valence-corrected chi connectivity index (χ0v) is 22.4. The van der Waals surface area contributed by atoms with E-state index in [9.17, 15) is 8.42 Å². The summed E-state index contributed by atoms with van der Waals surface area (Å²) in [5.41, 5.74) is 1.19. The highest BCUT2D eigenvalue weighted by Gasteiger charge is 2.41. The lowest BCUT2D eigenvalue weighted by Crippen LogP contribution is -2.60. The Morgan fingerprint density at radius 2 is 1.83 bits per heavy atom. The van der Waals surface area contributed by atoms with E-state index in [4.69, 9.17) is 0 Å². The third-order valence-corrected chi connectivity index (χ3v) is 8.85. The highest BCUT2D eigenvalue weighted by Crippen LogP contribution is 2.25. The monoisotopic (exact) mass is 550 g/mol. The summed E-state index contributed by atoms with van der Waals surface area (Å²) in [6.07, 6.45) is 1.95. The molecule has 172 valence electrons. The Kier molecular flexibility index (Phi) is 10.1. The van der Waals surface area contributed by atoms with Crippen LogP contribution in [0.4, 0.5) is 0 Å². The number of aliphatic imine (C=N–C) groups is 1. The summed E-state index contributed by atoms with van der Waals surface area (Å²) < 4.78 is 23.9. The van der Waals surface area contributed by atoms with Gasteiger partial charge in [0.15, 0.2) is 15.8 Å². The van der Waals surface area contributed by atoms with Crippen molar-refractivity contribution in [3.05, 3.63) is 35.9 Å². The molecule has 0 amide bonds. The minimum atomic E-state index is -3.07. The van der Waals surface area contributed by atoms with Crippen molar-refractivity contribution >= 4 is 39.8 Å². The van der Waals surface area contributed by atoms with Crippen molar-refractivity contribution in [2.75, 3.05) is 32.4 Å². The van der Waals surface area contributed by atoms with Gasteiger partial charge >= 0.3 is 0 Å². The number of sulfone groups is 1. The van der Waals surface area contributed by atoms with E-state index >= 15 is 0 Å². The van der Waals surface area contributed by atoms with Crippen LogP contribution in [0.3, 0.4) is 0 Å². The molecule has 2 rings (SSSR count). The van der Waals surface area contributed by atoms with Crippen molar-refractivity contribution in [1.82, 2.24) is 15.5 Å². The smallest absolute Gasteiger partial charge is 0.193 e. The first-order valence-electron chi connectivity index (χ1n) is 10.6. The quantitative estimate of drug-likeness (QED) is 0.309. The van der Waals surface area contributed by atoms with E-state index in [1.807, 2.05) is 6.07 Å². The molecule has 30 heavy (non-hydrogen) atoms. The molecule has 1 fully saturated rings. The fourth-order valence-corrected chi connectivity index (χ4v) is 5.31. The number of nitrogens with one attached hydrogen (secondary N) is 2. The van der Waals surface area contributed by atoms with Gasteiger partial charge in [0.2, 0.25) is 0 Å². The molecule has 2 N–H and O–H groups in total. The second-order valence-corrected chi connectivity index (χ2v) is 11.4. The molecule has 1 unspecified atom stereocenters. The Hall–Kier alpha value is -0.870. The molecule has 6 nitrogen and oxygen atoms in total. The minimum Gasteiger partial charge on any atom is -0.354 e. The number of guanidine groups is 1. The largest absolute Gasteiger partial charge is 0.354 e. The van der Waals surface area contributed by atoms with Crippen LogP contribution in [0.15, 0.2) is 35.3 Å². The molecule has 1 saturated heterocycles. The molecule has 0 radical (unpaired) electrons. The number of nitrogens with zero attached hydrogens (tertiary/aromatic N) is 2. The second kappa shape index (κ2) is 11.1. The SMILES string of the molecule is CCC(CC)(CNC(=NC)N1CCS(=O)(=O)C(C)(C)C1)NC(C)c1ccccc1.I. The minimum absolute atomic E-state index is 0. The van der Waals surface area contributed by atoms with E-state index in [1.165, 1.54) is 5.56 Å². The zero-order chi connectivity index (χ0) is 21.7. The molecule has 1 aliphatic heterocycles. The van der Waals surface area contributed by atoms with Crippen molar-refractivity contribution in [2.24, 2.45) is 4.99 Å². The van der Waals surface area contributed by atoms with Crippen molar-refractivity contribution < 1.29 is 8.42 Å². The lowest BCUT2D eigenvalue weighted by atomic mass is 9.90. The summed E-state index contributed by atoms with van der Waals surface area (Å²) in [4.78, 5) is 6.51. The van der Waals surface area contributed by atoms with Crippen LogP contribution in [0.2, 0.25) is 0 Å². The number of halogens is 1. The van der Waals surface area contributed by atoms with Gasteiger partial charge in [-0.15, -0.1) is 24.0 Å². The van der Waals surface area contributed by atoms with Crippen LogP contribution in [-0.4, -0.2) is 62.0 Å². The normalized spacial score (nSPS) is 19.7. The van der Waals surface area contributed by atoms with Crippen molar-refractivity contribution in [3.8, 4) is 0 Å². The van der Waals surface area contributed by atoms with Gasteiger partial charge in [-0.25, -0.2) is 8.42 Å². The maximum absolute atomic E-state index is 12.3. The van der Waals surface area contributed by atoms with Crippen molar-refractivity contribution in [3.63, 3.8) is 0 Å². The van der Waals surface area contributed by atoms with Crippen molar-refractivity contribution in [1.29, 1.82) is 0 Å². The Morgan fingerprint density at radius 1 is 1.23 bits per heavy atom. The molecule has 0 bridgehead atoms. The van der Waals surface area contributed by atoms with E-state index < -0.39 is 14.6 Å². The summed E-state index contributed by atoms with van der Waals surface area (Å²) in [5, 5.41) is 7.35. The van der Waals surface area contributed by atoms with E-state index in [0.717, 1.165) is 25.3 Å². The Morgan fingerprint density at radius 3 is 2.33 bits per heavy atom. The maximum Gasteiger partial charge on any atom is 0.193 e. The Balaban J connectivity index is 0.00000450. The van der Waals surface area contributed by atoms with E-state index in [1.54, 1.807) is 20.9 Å². The molecule has 0 aliphatic carbocycles. The molecule has 1 aromatic carbocycles. The summed E-state index contributed by atoms with van der Waals surface area (Å²) in [7, 11) is -1.31. The highest BCUT2D eigenvalue weighted by molar-refractivity contribution is 14.0. The van der Waals surface area contributed by atoms with Gasteiger partial charge in [-0.3, -0.25) is 4.99 Å². The third-order valence-electron chi connectivity index (χ3n) is 6.32. The van der Waals surface area contributed by atoms with Crippen LogP contribution in [0.25, 0.3) is 0 Å². The average molecular weight is 551 g/mol. The molecule has 0 saturated carbocycles. The number of benzene rings is 1. The van der Waals surface area contributed by atoms with E-state index in [2.05, 4.69) is 65.6 Å². The first kappa shape index (κ1) is 27.2. The standard InChI is InChI=1S/C22H38N4O2S.HI/c1-7-22(8-2,25-18(3)19-12-10-9-11-13-19)16-24-20(23-6)26-14-15-29(27,28)21(4,5)17-26;/h9-13,18,25H,7-8,14-17H2,1-6H3,(H,23,24);1H. The molecular weight excluding hydrogens is 511 g/mol. The summed E-state index contributed by atoms with van der Waals surface area (Å²) >= 11 is 0. The Labute approximate surface area is 200 Å². The zero-order valence-electron chi connectivity index (χ0n) is 19.2. The van der Waals surface area contributed by atoms with Gasteiger partial charge in [-0.1, -0.05) is 44.2 Å². The van der Waals surface area contributed by atoms with Gasteiger partial charge in [-0.05, 0) is 39.2 Å². The van der Waals surface area contributed by atoms with Gasteiger partial charge in [0.05, 0.1) is 10.5 Å². The van der Waals surface area contributed by atoms with E-state index in [0.29, 0.717) is 13.1 Å². The third kappa shape index (κ3) is 6.32.